The average Bonchev–Trinajstić information content (AvgIpc) is 2.41. The van der Waals surface area contributed by atoms with Crippen molar-refractivity contribution in [1.29, 1.82) is 0 Å². The molecule has 0 spiro atoms. The van der Waals surface area contributed by atoms with Crippen LogP contribution in [0.4, 0.5) is 4.39 Å². The van der Waals surface area contributed by atoms with E-state index in [0.29, 0.717) is 6.42 Å². The molecular weight excluding hydrogens is 321 g/mol. The quantitative estimate of drug-likeness (QED) is 0.866. The predicted octanol–water partition coefficient (Wildman–Crippen LogP) is 2.99. The van der Waals surface area contributed by atoms with Crippen LogP contribution in [0.3, 0.4) is 0 Å². The normalized spacial score (nSPS) is 13.4. The second kappa shape index (κ2) is 6.72. The zero-order chi connectivity index (χ0) is 16.4. The Balaban J connectivity index is 3.48. The van der Waals surface area contributed by atoms with Gasteiger partial charge in [0.15, 0.2) is 0 Å². The highest BCUT2D eigenvalue weighted by molar-refractivity contribution is 7.89. The van der Waals surface area contributed by atoms with Gasteiger partial charge in [-0.05, 0) is 25.5 Å². The van der Waals surface area contributed by atoms with Crippen molar-refractivity contribution in [3.8, 4) is 0 Å². The lowest BCUT2D eigenvalue weighted by Crippen LogP contribution is -2.38. The zero-order valence-corrected chi connectivity index (χ0v) is 13.5. The Kier molecular flexibility index (Phi) is 5.72. The second-order valence-electron chi connectivity index (χ2n) is 4.54. The molecule has 0 bridgehead atoms. The molecule has 0 fully saturated rings. The summed E-state index contributed by atoms with van der Waals surface area (Å²) >= 11 is 5.55. The lowest BCUT2D eigenvalue weighted by atomic mass is 10.2. The molecule has 5 nitrogen and oxygen atoms in total. The Bertz CT molecular complexity index is 648. The molecule has 0 aliphatic carbocycles. The van der Waals surface area contributed by atoms with E-state index in [4.69, 9.17) is 16.7 Å². The number of carboxylic acids is 1. The van der Waals surface area contributed by atoms with Crippen LogP contribution in [0.1, 0.15) is 37.6 Å². The van der Waals surface area contributed by atoms with E-state index < -0.39 is 37.3 Å². The summed E-state index contributed by atoms with van der Waals surface area (Å²) in [5.41, 5.74) is -0.574. The van der Waals surface area contributed by atoms with Gasteiger partial charge in [0, 0.05) is 12.6 Å². The fraction of sp³-hybridized carbons (Fsp3) is 0.462. The molecular formula is C13H17ClFNO4S. The first-order chi connectivity index (χ1) is 9.66. The maximum Gasteiger partial charge on any atom is 0.337 e. The summed E-state index contributed by atoms with van der Waals surface area (Å²) in [7, 11) is -3.99. The van der Waals surface area contributed by atoms with Crippen molar-refractivity contribution in [2.24, 2.45) is 0 Å². The average molecular weight is 338 g/mol. The van der Waals surface area contributed by atoms with Crippen LogP contribution < -0.4 is 0 Å². The van der Waals surface area contributed by atoms with Gasteiger partial charge in [-0.1, -0.05) is 25.4 Å². The maximum absolute atomic E-state index is 13.7. The van der Waals surface area contributed by atoms with Crippen LogP contribution in [0.5, 0.6) is 0 Å². The summed E-state index contributed by atoms with van der Waals surface area (Å²) in [5.74, 6) is -2.56. The van der Waals surface area contributed by atoms with Crippen LogP contribution in [0.2, 0.25) is 5.02 Å². The molecule has 0 aromatic heterocycles. The summed E-state index contributed by atoms with van der Waals surface area (Å²) in [6.45, 7) is 5.41. The molecule has 0 saturated carbocycles. The van der Waals surface area contributed by atoms with Gasteiger partial charge in [0.25, 0.3) is 0 Å². The molecule has 0 aliphatic heterocycles. The zero-order valence-electron chi connectivity index (χ0n) is 11.9. The molecule has 0 heterocycles. The summed E-state index contributed by atoms with van der Waals surface area (Å²) in [6.07, 6.45) is 0.578. The number of sulfonamides is 1. The van der Waals surface area contributed by atoms with E-state index in [0.717, 1.165) is 12.1 Å². The second-order valence-corrected chi connectivity index (χ2v) is 6.81. The highest BCUT2D eigenvalue weighted by Crippen LogP contribution is 2.27. The van der Waals surface area contributed by atoms with Crippen LogP contribution in [0.25, 0.3) is 0 Å². The minimum absolute atomic E-state index is 0.198. The van der Waals surface area contributed by atoms with Gasteiger partial charge >= 0.3 is 5.97 Å². The topological polar surface area (TPSA) is 74.7 Å². The Hall–Kier alpha value is -1.18. The van der Waals surface area contributed by atoms with E-state index in [9.17, 15) is 17.6 Å². The first-order valence-electron chi connectivity index (χ1n) is 6.40. The van der Waals surface area contributed by atoms with Crippen molar-refractivity contribution in [2.75, 3.05) is 6.54 Å². The van der Waals surface area contributed by atoms with Crippen molar-refractivity contribution in [3.05, 3.63) is 28.5 Å². The van der Waals surface area contributed by atoms with Crippen LogP contribution in [0.15, 0.2) is 17.0 Å². The minimum atomic E-state index is -3.99. The van der Waals surface area contributed by atoms with Gasteiger partial charge in [0.1, 0.15) is 5.82 Å². The molecule has 1 unspecified atom stereocenters. The number of benzene rings is 1. The third-order valence-electron chi connectivity index (χ3n) is 3.23. The van der Waals surface area contributed by atoms with Gasteiger partial charge in [-0.25, -0.2) is 17.6 Å². The van der Waals surface area contributed by atoms with Crippen molar-refractivity contribution in [1.82, 2.24) is 4.31 Å². The number of hydrogen-bond acceptors (Lipinski definition) is 3. The summed E-state index contributed by atoms with van der Waals surface area (Å²) in [6, 6.07) is 1.34. The number of nitrogens with zero attached hydrogens (tertiary/aromatic N) is 1. The summed E-state index contributed by atoms with van der Waals surface area (Å²) in [4.78, 5) is 10.6. The molecule has 8 heteroatoms. The lowest BCUT2D eigenvalue weighted by Gasteiger charge is -2.26. The summed E-state index contributed by atoms with van der Waals surface area (Å²) in [5, 5.41) is 8.37. The Morgan fingerprint density at radius 1 is 1.43 bits per heavy atom. The molecule has 21 heavy (non-hydrogen) atoms. The van der Waals surface area contributed by atoms with Gasteiger partial charge in [-0.3, -0.25) is 0 Å². The van der Waals surface area contributed by atoms with E-state index in [1.165, 1.54) is 4.31 Å². The van der Waals surface area contributed by atoms with Crippen LogP contribution in [0, 0.1) is 5.82 Å². The molecule has 1 aromatic rings. The highest BCUT2D eigenvalue weighted by atomic mass is 35.5. The van der Waals surface area contributed by atoms with E-state index in [1.54, 1.807) is 13.8 Å². The first kappa shape index (κ1) is 17.9. The van der Waals surface area contributed by atoms with Crippen LogP contribution >= 0.6 is 11.6 Å². The molecule has 1 N–H and O–H groups in total. The van der Waals surface area contributed by atoms with Crippen molar-refractivity contribution in [2.45, 2.75) is 38.1 Å². The largest absolute Gasteiger partial charge is 0.478 e. The van der Waals surface area contributed by atoms with Crippen molar-refractivity contribution < 1.29 is 22.7 Å². The Morgan fingerprint density at radius 2 is 2.00 bits per heavy atom. The monoisotopic (exact) mass is 337 g/mol. The smallest absolute Gasteiger partial charge is 0.337 e. The maximum atomic E-state index is 13.7. The van der Waals surface area contributed by atoms with Gasteiger partial charge in [-0.15, -0.1) is 0 Å². The highest BCUT2D eigenvalue weighted by Gasteiger charge is 2.29. The van der Waals surface area contributed by atoms with Gasteiger partial charge in [0.05, 0.1) is 15.5 Å². The summed E-state index contributed by atoms with van der Waals surface area (Å²) < 4.78 is 39.9. The number of rotatable bonds is 6. The number of carbonyl (C=O) groups is 1. The van der Waals surface area contributed by atoms with E-state index >= 15 is 0 Å². The first-order valence-corrected chi connectivity index (χ1v) is 8.22. The number of carboxylic acid groups (broad SMARTS) is 1. The van der Waals surface area contributed by atoms with Crippen molar-refractivity contribution >= 4 is 27.6 Å². The molecule has 0 saturated heterocycles. The molecule has 0 amide bonds. The van der Waals surface area contributed by atoms with Gasteiger partial charge < -0.3 is 5.11 Å². The van der Waals surface area contributed by atoms with Gasteiger partial charge in [-0.2, -0.15) is 4.31 Å². The molecule has 0 aliphatic rings. The third kappa shape index (κ3) is 3.53. The minimum Gasteiger partial charge on any atom is -0.478 e. The van der Waals surface area contributed by atoms with Gasteiger partial charge in [0.2, 0.25) is 10.0 Å². The number of hydrogen-bond donors (Lipinski definition) is 1. The molecule has 1 rings (SSSR count). The number of halogens is 2. The third-order valence-corrected chi connectivity index (χ3v) is 5.68. The lowest BCUT2D eigenvalue weighted by molar-refractivity contribution is 0.0696. The Labute approximate surface area is 128 Å². The van der Waals surface area contributed by atoms with E-state index in [-0.39, 0.29) is 12.6 Å². The van der Waals surface area contributed by atoms with Crippen molar-refractivity contribution in [3.63, 3.8) is 0 Å². The fourth-order valence-corrected chi connectivity index (χ4v) is 3.87. The van der Waals surface area contributed by atoms with Crippen LogP contribution in [-0.2, 0) is 10.0 Å². The molecule has 1 atom stereocenters. The van der Waals surface area contributed by atoms with E-state index in [2.05, 4.69) is 0 Å². The molecule has 0 radical (unpaired) electrons. The number of aromatic carboxylic acids is 1. The SMILES string of the molecule is CCC(C)N(CC)S(=O)(=O)c1cc(F)c(Cl)c(C(=O)O)c1. The predicted molar refractivity (Wildman–Crippen MR) is 77.7 cm³/mol. The Morgan fingerprint density at radius 3 is 2.43 bits per heavy atom. The molecule has 118 valence electrons. The van der Waals surface area contributed by atoms with Crippen LogP contribution in [-0.4, -0.2) is 36.4 Å². The fourth-order valence-electron chi connectivity index (χ4n) is 1.93. The standard InChI is InChI=1S/C13H17ClFNO4S/c1-4-8(3)16(5-2)21(19,20)9-6-10(13(17)18)12(14)11(15)7-9/h6-8H,4-5H2,1-3H3,(H,17,18). The molecule has 1 aromatic carbocycles. The van der Waals surface area contributed by atoms with E-state index in [1.807, 2.05) is 6.92 Å².